The van der Waals surface area contributed by atoms with Gasteiger partial charge in [0.2, 0.25) is 10.0 Å². The number of carbonyl (C=O) groups excluding carboxylic acids is 1. The second-order valence-corrected chi connectivity index (χ2v) is 9.39. The molecule has 1 fully saturated rings. The van der Waals surface area contributed by atoms with Crippen molar-refractivity contribution in [3.05, 3.63) is 65.7 Å². The number of halogens is 2. The van der Waals surface area contributed by atoms with E-state index >= 15 is 0 Å². The van der Waals surface area contributed by atoms with E-state index in [0.717, 1.165) is 16.4 Å². The molecule has 162 valence electrons. The second kappa shape index (κ2) is 8.79. The average molecular weight is 438 g/mol. The molecular formula is C21H24F2N2O4S. The smallest absolute Gasteiger partial charge is 0.325 e. The Labute approximate surface area is 174 Å². The van der Waals surface area contributed by atoms with E-state index in [1.165, 1.54) is 43.3 Å². The molecule has 2 aromatic carbocycles. The van der Waals surface area contributed by atoms with E-state index in [1.807, 2.05) is 0 Å². The molecular weight excluding hydrogens is 414 g/mol. The molecule has 0 saturated carbocycles. The van der Waals surface area contributed by atoms with Crippen molar-refractivity contribution in [1.29, 1.82) is 0 Å². The first-order chi connectivity index (χ1) is 14.1. The van der Waals surface area contributed by atoms with E-state index in [1.54, 1.807) is 0 Å². The largest absolute Gasteiger partial charge is 0.442 e. The van der Waals surface area contributed by atoms with E-state index in [-0.39, 0.29) is 24.3 Å². The van der Waals surface area contributed by atoms with E-state index in [0.29, 0.717) is 18.4 Å². The summed E-state index contributed by atoms with van der Waals surface area (Å²) < 4.78 is 59.6. The molecule has 1 aliphatic rings. The number of nitrogens with zero attached hydrogens (tertiary/aromatic N) is 1. The van der Waals surface area contributed by atoms with Gasteiger partial charge < -0.3 is 10.5 Å². The molecule has 1 unspecified atom stereocenters. The van der Waals surface area contributed by atoms with Crippen LogP contribution in [-0.2, 0) is 26.0 Å². The number of piperidine rings is 1. The molecule has 6 nitrogen and oxygen atoms in total. The van der Waals surface area contributed by atoms with Gasteiger partial charge in [-0.15, -0.1) is 0 Å². The highest BCUT2D eigenvalue weighted by Crippen LogP contribution is 2.34. The van der Waals surface area contributed by atoms with Crippen molar-refractivity contribution in [3.63, 3.8) is 0 Å². The number of hydrogen-bond donors (Lipinski definition) is 1. The summed E-state index contributed by atoms with van der Waals surface area (Å²) in [4.78, 5) is 12.4. The molecule has 0 aromatic heterocycles. The van der Waals surface area contributed by atoms with Crippen LogP contribution in [0.2, 0.25) is 0 Å². The predicted molar refractivity (Wildman–Crippen MR) is 107 cm³/mol. The summed E-state index contributed by atoms with van der Waals surface area (Å²) in [7, 11) is -4.09. The summed E-state index contributed by atoms with van der Waals surface area (Å²) in [5.74, 6) is -1.83. The average Bonchev–Trinajstić information content (AvgIpc) is 2.69. The van der Waals surface area contributed by atoms with Gasteiger partial charge in [0.15, 0.2) is 5.72 Å². The van der Waals surface area contributed by atoms with Gasteiger partial charge in [-0.2, -0.15) is 4.31 Å². The fourth-order valence-electron chi connectivity index (χ4n) is 3.55. The fraction of sp³-hybridized carbons (Fsp3) is 0.381. The normalized spacial score (nSPS) is 21.2. The molecule has 2 aromatic rings. The van der Waals surface area contributed by atoms with E-state index in [9.17, 15) is 22.0 Å². The fourth-order valence-corrected chi connectivity index (χ4v) is 5.32. The Morgan fingerprint density at radius 2 is 1.87 bits per heavy atom. The standard InChI is InChI=1S/C21H24F2N2O4S/c1-21(29-20(26)19(24)13-15-7-9-16(22)10-8-15)11-2-3-12-25(21)30(27,28)18-6-4-5-17(23)14-18/h4-10,14,19H,2-3,11-13,24H2,1H3/t19-,21?/m0/s1. The number of esters is 1. The summed E-state index contributed by atoms with van der Waals surface area (Å²) in [5, 5.41) is 0. The van der Waals surface area contributed by atoms with Gasteiger partial charge >= 0.3 is 5.97 Å². The molecule has 0 spiro atoms. The molecule has 9 heteroatoms. The van der Waals surface area contributed by atoms with Crippen LogP contribution in [0.25, 0.3) is 0 Å². The number of nitrogens with two attached hydrogens (primary N) is 1. The minimum Gasteiger partial charge on any atom is -0.442 e. The lowest BCUT2D eigenvalue weighted by molar-refractivity contribution is -0.177. The Bertz CT molecular complexity index is 1010. The van der Waals surface area contributed by atoms with Crippen molar-refractivity contribution < 1.29 is 26.7 Å². The first kappa shape index (κ1) is 22.3. The maximum absolute atomic E-state index is 13.6. The molecule has 2 atom stereocenters. The van der Waals surface area contributed by atoms with Gasteiger partial charge in [0.25, 0.3) is 0 Å². The topological polar surface area (TPSA) is 89.7 Å². The highest BCUT2D eigenvalue weighted by atomic mass is 32.2. The lowest BCUT2D eigenvalue weighted by Crippen LogP contribution is -2.56. The highest BCUT2D eigenvalue weighted by Gasteiger charge is 2.46. The third kappa shape index (κ3) is 4.85. The van der Waals surface area contributed by atoms with Crippen LogP contribution in [0.3, 0.4) is 0 Å². The highest BCUT2D eigenvalue weighted by molar-refractivity contribution is 7.89. The molecule has 0 radical (unpaired) electrons. The van der Waals surface area contributed by atoms with Crippen molar-refractivity contribution in [3.8, 4) is 0 Å². The first-order valence-electron chi connectivity index (χ1n) is 9.63. The number of hydrogen-bond acceptors (Lipinski definition) is 5. The van der Waals surface area contributed by atoms with Crippen LogP contribution in [-0.4, -0.2) is 37.0 Å². The molecule has 1 heterocycles. The van der Waals surface area contributed by atoms with E-state index in [4.69, 9.17) is 10.5 Å². The minimum atomic E-state index is -4.09. The molecule has 0 bridgehead atoms. The van der Waals surface area contributed by atoms with Crippen molar-refractivity contribution in [1.82, 2.24) is 4.31 Å². The van der Waals surface area contributed by atoms with Gasteiger partial charge in [0.1, 0.15) is 17.7 Å². The second-order valence-electron chi connectivity index (χ2n) is 7.52. The van der Waals surface area contributed by atoms with Gasteiger partial charge in [-0.25, -0.2) is 17.2 Å². The number of sulfonamides is 1. The molecule has 0 aliphatic carbocycles. The molecule has 2 N–H and O–H groups in total. The lowest BCUT2D eigenvalue weighted by Gasteiger charge is -2.43. The molecule has 3 rings (SSSR count). The van der Waals surface area contributed by atoms with Gasteiger partial charge in [0.05, 0.1) is 4.90 Å². The SMILES string of the molecule is CC1(OC(=O)[C@@H](N)Cc2ccc(F)cc2)CCCCN1S(=O)(=O)c1cccc(F)c1. The van der Waals surface area contributed by atoms with Crippen molar-refractivity contribution in [2.24, 2.45) is 5.73 Å². The lowest BCUT2D eigenvalue weighted by atomic mass is 10.0. The summed E-state index contributed by atoms with van der Waals surface area (Å²) >= 11 is 0. The maximum Gasteiger partial charge on any atom is 0.325 e. The van der Waals surface area contributed by atoms with Crippen LogP contribution in [0.15, 0.2) is 53.4 Å². The minimum absolute atomic E-state index is 0.117. The van der Waals surface area contributed by atoms with Gasteiger partial charge in [0, 0.05) is 13.0 Å². The number of ether oxygens (including phenoxy) is 1. The number of carbonyl (C=O) groups is 1. The third-order valence-electron chi connectivity index (χ3n) is 5.16. The van der Waals surface area contributed by atoms with Crippen molar-refractivity contribution in [2.75, 3.05) is 6.54 Å². The summed E-state index contributed by atoms with van der Waals surface area (Å²) in [6.45, 7) is 1.65. The third-order valence-corrected chi connectivity index (χ3v) is 7.15. The van der Waals surface area contributed by atoms with Crippen LogP contribution >= 0.6 is 0 Å². The van der Waals surface area contributed by atoms with Crippen LogP contribution in [0.4, 0.5) is 8.78 Å². The van der Waals surface area contributed by atoms with E-state index < -0.39 is 39.4 Å². The molecule has 0 amide bonds. The van der Waals surface area contributed by atoms with Gasteiger partial charge in [-0.3, -0.25) is 4.79 Å². The predicted octanol–water partition coefficient (Wildman–Crippen LogP) is 2.97. The Kier molecular flexibility index (Phi) is 6.54. The van der Waals surface area contributed by atoms with Crippen LogP contribution in [0, 0.1) is 11.6 Å². The zero-order chi connectivity index (χ0) is 21.9. The Balaban J connectivity index is 1.79. The van der Waals surface area contributed by atoms with Crippen LogP contribution < -0.4 is 5.73 Å². The molecule has 1 aliphatic heterocycles. The van der Waals surface area contributed by atoms with Crippen LogP contribution in [0.1, 0.15) is 31.7 Å². The summed E-state index contributed by atoms with van der Waals surface area (Å²) in [5.41, 5.74) is 5.17. The summed E-state index contributed by atoms with van der Waals surface area (Å²) in [6, 6.07) is 9.23. The first-order valence-corrected chi connectivity index (χ1v) is 11.1. The Morgan fingerprint density at radius 3 is 2.53 bits per heavy atom. The summed E-state index contributed by atoms with van der Waals surface area (Å²) in [6.07, 6.45) is 1.65. The number of benzene rings is 2. The molecule has 30 heavy (non-hydrogen) atoms. The number of rotatable bonds is 6. The van der Waals surface area contributed by atoms with Gasteiger partial charge in [-0.05, 0) is 62.1 Å². The van der Waals surface area contributed by atoms with Gasteiger partial charge in [-0.1, -0.05) is 18.2 Å². The quantitative estimate of drug-likeness (QED) is 0.701. The molecule has 1 saturated heterocycles. The monoisotopic (exact) mass is 438 g/mol. The zero-order valence-corrected chi connectivity index (χ0v) is 17.4. The van der Waals surface area contributed by atoms with Crippen molar-refractivity contribution >= 4 is 16.0 Å². The zero-order valence-electron chi connectivity index (χ0n) is 16.6. The Hall–Kier alpha value is -2.36. The maximum atomic E-state index is 13.6. The van der Waals surface area contributed by atoms with Crippen molar-refractivity contribution in [2.45, 2.75) is 49.3 Å². The van der Waals surface area contributed by atoms with Crippen LogP contribution in [0.5, 0.6) is 0 Å². The van der Waals surface area contributed by atoms with E-state index in [2.05, 4.69) is 0 Å². The Morgan fingerprint density at radius 1 is 1.17 bits per heavy atom.